The molecule has 0 aromatic carbocycles. The van der Waals surface area contributed by atoms with Crippen molar-refractivity contribution in [3.63, 3.8) is 0 Å². The molecule has 2 rings (SSSR count). The van der Waals surface area contributed by atoms with Crippen LogP contribution in [0.25, 0.3) is 0 Å². The normalized spacial score (nSPS) is 47.8. The lowest BCUT2D eigenvalue weighted by Crippen LogP contribution is -2.62. The fourth-order valence-electron chi connectivity index (χ4n) is 2.88. The number of aliphatic hydroxyl groups is 7. The van der Waals surface area contributed by atoms with Gasteiger partial charge in [0.15, 0.2) is 12.4 Å². The fraction of sp³-hybridized carbons (Fsp3) is 1.00. The number of aliphatic hydroxyl groups excluding tert-OH is 7. The third-order valence-corrected chi connectivity index (χ3v) is 4.72. The van der Waals surface area contributed by atoms with Crippen molar-refractivity contribution in [3.05, 3.63) is 0 Å². The van der Waals surface area contributed by atoms with Crippen LogP contribution in [0.1, 0.15) is 0 Å². The molecule has 0 spiro atoms. The van der Waals surface area contributed by atoms with Crippen LogP contribution in [0.4, 0.5) is 0 Å². The molecule has 2 aliphatic heterocycles. The predicted octanol–water partition coefficient (Wildman–Crippen LogP) is -4.99. The van der Waals surface area contributed by atoms with E-state index in [1.165, 1.54) is 0 Å². The lowest BCUT2D eigenvalue weighted by molar-refractivity contribution is -0.382. The molecule has 2 heterocycles. The zero-order valence-corrected chi connectivity index (χ0v) is 14.4. The molecule has 2 aliphatic rings. The van der Waals surface area contributed by atoms with Gasteiger partial charge in [-0.1, -0.05) is 0 Å². The van der Waals surface area contributed by atoms with Gasteiger partial charge in [0, 0.05) is 0 Å². The SMILES string of the molecule is O=[PH](O)O[C@H]1[C@H](O)[C@@H](CO)O[C@@]1(CO)O[C@H]1O[C@H](CO)[C@@H](O)[C@H](O)[C@H]1O. The molecule has 154 valence electrons. The third-order valence-electron chi connectivity index (χ3n) is 4.27. The van der Waals surface area contributed by atoms with Crippen molar-refractivity contribution in [1.29, 1.82) is 0 Å². The number of hydrogen-bond acceptors (Lipinski definition) is 12. The third kappa shape index (κ3) is 4.10. The molecule has 0 radical (unpaired) electrons. The van der Waals surface area contributed by atoms with E-state index in [0.29, 0.717) is 0 Å². The smallest absolute Gasteiger partial charge is 0.317 e. The second kappa shape index (κ2) is 8.84. The van der Waals surface area contributed by atoms with Crippen molar-refractivity contribution in [3.8, 4) is 0 Å². The molecule has 0 aliphatic carbocycles. The Morgan fingerprint density at radius 1 is 0.923 bits per heavy atom. The second-order valence-electron chi connectivity index (χ2n) is 5.92. The van der Waals surface area contributed by atoms with E-state index in [1.807, 2.05) is 0 Å². The highest BCUT2D eigenvalue weighted by Crippen LogP contribution is 2.40. The highest BCUT2D eigenvalue weighted by molar-refractivity contribution is 7.32. The van der Waals surface area contributed by atoms with E-state index in [0.717, 1.165) is 0 Å². The lowest BCUT2D eigenvalue weighted by atomic mass is 9.99. The summed E-state index contributed by atoms with van der Waals surface area (Å²) in [6, 6.07) is 0. The van der Waals surface area contributed by atoms with Crippen molar-refractivity contribution < 1.29 is 63.9 Å². The molecule has 0 amide bonds. The zero-order chi connectivity index (χ0) is 19.6. The van der Waals surface area contributed by atoms with E-state index in [9.17, 15) is 40.3 Å². The zero-order valence-electron chi connectivity index (χ0n) is 13.4. The van der Waals surface area contributed by atoms with Crippen molar-refractivity contribution in [2.45, 2.75) is 54.8 Å². The average Bonchev–Trinajstić information content (AvgIpc) is 2.87. The maximum Gasteiger partial charge on any atom is 0.317 e. The van der Waals surface area contributed by atoms with E-state index >= 15 is 0 Å². The Labute approximate surface area is 147 Å². The topological polar surface area (TPSA) is 216 Å². The monoisotopic (exact) mass is 406 g/mol. The summed E-state index contributed by atoms with van der Waals surface area (Å²) in [5.74, 6) is -2.34. The van der Waals surface area contributed by atoms with Crippen LogP contribution in [0.15, 0.2) is 0 Å². The number of hydrogen-bond donors (Lipinski definition) is 8. The van der Waals surface area contributed by atoms with Crippen molar-refractivity contribution >= 4 is 8.25 Å². The van der Waals surface area contributed by atoms with E-state index in [2.05, 4.69) is 4.52 Å². The van der Waals surface area contributed by atoms with E-state index in [4.69, 9.17) is 19.1 Å². The molecular formula is C12H23O13P. The summed E-state index contributed by atoms with van der Waals surface area (Å²) in [6.07, 6.45) is -13.2. The van der Waals surface area contributed by atoms with Crippen LogP contribution in [-0.4, -0.2) is 115 Å². The average molecular weight is 406 g/mol. The first-order valence-corrected chi connectivity index (χ1v) is 8.92. The molecule has 1 unspecified atom stereocenters. The van der Waals surface area contributed by atoms with Gasteiger partial charge in [0.05, 0.1) is 13.2 Å². The largest absolute Gasteiger partial charge is 0.394 e. The molecule has 0 bridgehead atoms. The van der Waals surface area contributed by atoms with Crippen LogP contribution in [0.2, 0.25) is 0 Å². The molecule has 2 saturated heterocycles. The molecule has 14 heteroatoms. The molecule has 26 heavy (non-hydrogen) atoms. The van der Waals surface area contributed by atoms with Gasteiger partial charge in [-0.15, -0.1) is 0 Å². The minimum atomic E-state index is -3.64. The summed E-state index contributed by atoms with van der Waals surface area (Å²) in [5, 5.41) is 67.7. The van der Waals surface area contributed by atoms with Gasteiger partial charge in [0.1, 0.15) is 43.2 Å². The molecular weight excluding hydrogens is 383 g/mol. The summed E-state index contributed by atoms with van der Waals surface area (Å²) in [7, 11) is -3.64. The maximum absolute atomic E-state index is 11.1. The molecule has 0 aromatic heterocycles. The van der Waals surface area contributed by atoms with Gasteiger partial charge in [-0.3, -0.25) is 9.09 Å². The van der Waals surface area contributed by atoms with Gasteiger partial charge in [0.25, 0.3) is 0 Å². The van der Waals surface area contributed by atoms with Crippen molar-refractivity contribution in [1.82, 2.24) is 0 Å². The van der Waals surface area contributed by atoms with E-state index in [1.54, 1.807) is 0 Å². The van der Waals surface area contributed by atoms with E-state index < -0.39 is 82.9 Å². The summed E-state index contributed by atoms with van der Waals surface area (Å²) in [5.41, 5.74) is 0. The van der Waals surface area contributed by atoms with Gasteiger partial charge >= 0.3 is 8.25 Å². The summed E-state index contributed by atoms with van der Waals surface area (Å²) < 4.78 is 31.4. The van der Waals surface area contributed by atoms with Gasteiger partial charge < -0.3 is 54.8 Å². The highest BCUT2D eigenvalue weighted by Gasteiger charge is 2.60. The summed E-state index contributed by atoms with van der Waals surface area (Å²) in [6.45, 7) is -2.56. The molecule has 10 atom stereocenters. The minimum absolute atomic E-state index is 0.746. The Kier molecular flexibility index (Phi) is 7.49. The quantitative estimate of drug-likeness (QED) is 0.186. The Balaban J connectivity index is 2.28. The maximum atomic E-state index is 11.1. The summed E-state index contributed by atoms with van der Waals surface area (Å²) >= 11 is 0. The fourth-order valence-corrected chi connectivity index (χ4v) is 3.42. The lowest BCUT2D eigenvalue weighted by Gasteiger charge is -2.43. The van der Waals surface area contributed by atoms with Crippen LogP contribution >= 0.6 is 8.25 Å². The predicted molar refractivity (Wildman–Crippen MR) is 78.7 cm³/mol. The number of rotatable bonds is 7. The standard InChI is InChI=1S/C12H23O13P/c13-1-4-6(16)8(18)9(19)11(22-4)24-12(3-15)10(25-26(20)21)7(17)5(2-14)23-12/h4-11,13-19,26H,1-3H2,(H,20,21)/t4-,5-,6-,7-,8+,9-,10+,11-,12+/m1/s1. The molecule has 0 saturated carbocycles. The van der Waals surface area contributed by atoms with Crippen molar-refractivity contribution in [2.24, 2.45) is 0 Å². The first kappa shape index (κ1) is 22.0. The minimum Gasteiger partial charge on any atom is -0.394 e. The second-order valence-corrected chi connectivity index (χ2v) is 6.69. The van der Waals surface area contributed by atoms with Crippen molar-refractivity contribution in [2.75, 3.05) is 19.8 Å². The highest BCUT2D eigenvalue weighted by atomic mass is 31.1. The van der Waals surface area contributed by atoms with Gasteiger partial charge in [-0.05, 0) is 0 Å². The van der Waals surface area contributed by atoms with Gasteiger partial charge in [-0.25, -0.2) is 0 Å². The van der Waals surface area contributed by atoms with Crippen LogP contribution in [-0.2, 0) is 23.3 Å². The van der Waals surface area contributed by atoms with Crippen LogP contribution in [0.3, 0.4) is 0 Å². The Morgan fingerprint density at radius 2 is 1.54 bits per heavy atom. The molecule has 2 fully saturated rings. The van der Waals surface area contributed by atoms with E-state index in [-0.39, 0.29) is 0 Å². The van der Waals surface area contributed by atoms with Crippen LogP contribution < -0.4 is 0 Å². The molecule has 13 nitrogen and oxygen atoms in total. The first-order chi connectivity index (χ1) is 12.2. The molecule has 0 aromatic rings. The Hall–Kier alpha value is -0.250. The van der Waals surface area contributed by atoms with Crippen LogP contribution in [0.5, 0.6) is 0 Å². The van der Waals surface area contributed by atoms with Gasteiger partial charge in [0.2, 0.25) is 5.79 Å². The number of ether oxygens (including phenoxy) is 3. The Morgan fingerprint density at radius 3 is 2.04 bits per heavy atom. The molecule has 8 N–H and O–H groups in total. The van der Waals surface area contributed by atoms with Crippen LogP contribution in [0, 0.1) is 0 Å². The first-order valence-electron chi connectivity index (χ1n) is 7.66. The summed E-state index contributed by atoms with van der Waals surface area (Å²) in [4.78, 5) is 9.00. The van der Waals surface area contributed by atoms with Gasteiger partial charge in [-0.2, -0.15) is 0 Å². The Bertz CT molecular complexity index is 492.